The van der Waals surface area contributed by atoms with Gasteiger partial charge in [0.1, 0.15) is 23.7 Å². The summed E-state index contributed by atoms with van der Waals surface area (Å²) in [5, 5.41) is 3.90. The van der Waals surface area contributed by atoms with Crippen LogP contribution in [0.2, 0.25) is 0 Å². The van der Waals surface area contributed by atoms with Crippen molar-refractivity contribution in [3.8, 4) is 5.69 Å². The normalized spacial score (nSPS) is 10.4. The Kier molecular flexibility index (Phi) is 2.24. The van der Waals surface area contributed by atoms with E-state index < -0.39 is 0 Å². The average Bonchev–Trinajstić information content (AvgIpc) is 2.66. The van der Waals surface area contributed by atoms with Crippen LogP contribution in [0.5, 0.6) is 0 Å². The van der Waals surface area contributed by atoms with Crippen LogP contribution in [-0.2, 0) is 6.54 Å². The molecule has 2 N–H and O–H groups in total. The van der Waals surface area contributed by atoms with Gasteiger partial charge < -0.3 is 5.73 Å². The molecule has 2 aromatic rings. The maximum atomic E-state index is 13.3. The van der Waals surface area contributed by atoms with Crippen LogP contribution in [0.15, 0.2) is 30.6 Å². The van der Waals surface area contributed by atoms with Crippen molar-refractivity contribution in [2.45, 2.75) is 6.54 Å². The molecule has 0 aliphatic rings. The van der Waals surface area contributed by atoms with E-state index in [1.807, 2.05) is 0 Å². The van der Waals surface area contributed by atoms with E-state index in [4.69, 9.17) is 5.73 Å². The van der Waals surface area contributed by atoms with Crippen LogP contribution in [0.1, 0.15) is 5.82 Å². The quantitative estimate of drug-likeness (QED) is 0.767. The zero-order valence-electron chi connectivity index (χ0n) is 7.39. The number of para-hydroxylation sites is 1. The first-order valence-electron chi connectivity index (χ1n) is 4.17. The molecule has 0 amide bonds. The van der Waals surface area contributed by atoms with Crippen LogP contribution in [-0.4, -0.2) is 14.8 Å². The zero-order chi connectivity index (χ0) is 9.97. The second-order valence-electron chi connectivity index (χ2n) is 2.74. The molecule has 0 aliphatic heterocycles. The number of aromatic nitrogens is 3. The highest BCUT2D eigenvalue weighted by atomic mass is 19.1. The molecule has 0 atom stereocenters. The van der Waals surface area contributed by atoms with Crippen LogP contribution in [0.3, 0.4) is 0 Å². The van der Waals surface area contributed by atoms with Crippen molar-refractivity contribution < 1.29 is 4.39 Å². The van der Waals surface area contributed by atoms with E-state index in [-0.39, 0.29) is 12.4 Å². The summed E-state index contributed by atoms with van der Waals surface area (Å²) in [6.45, 7) is 0.230. The Labute approximate surface area is 80.2 Å². The predicted octanol–water partition coefficient (Wildman–Crippen LogP) is 0.865. The molecule has 0 saturated heterocycles. The number of nitrogens with zero attached hydrogens (tertiary/aromatic N) is 3. The van der Waals surface area contributed by atoms with Crippen molar-refractivity contribution in [2.24, 2.45) is 5.73 Å². The number of benzene rings is 1. The Morgan fingerprint density at radius 2 is 2.14 bits per heavy atom. The van der Waals surface area contributed by atoms with Gasteiger partial charge in [-0.25, -0.2) is 14.1 Å². The highest BCUT2D eigenvalue weighted by Gasteiger charge is 2.08. The van der Waals surface area contributed by atoms with Crippen LogP contribution in [0, 0.1) is 5.82 Å². The molecule has 1 heterocycles. The van der Waals surface area contributed by atoms with Crippen LogP contribution in [0.25, 0.3) is 5.69 Å². The lowest BCUT2D eigenvalue weighted by atomic mass is 10.3. The van der Waals surface area contributed by atoms with E-state index in [9.17, 15) is 4.39 Å². The summed E-state index contributed by atoms with van der Waals surface area (Å²) >= 11 is 0. The minimum absolute atomic E-state index is 0.230. The summed E-state index contributed by atoms with van der Waals surface area (Å²) in [5.74, 6) is 0.197. The lowest BCUT2D eigenvalue weighted by Crippen LogP contribution is -2.09. The van der Waals surface area contributed by atoms with E-state index >= 15 is 0 Å². The Balaban J connectivity index is 2.54. The molecular formula is C9H9FN4. The van der Waals surface area contributed by atoms with Gasteiger partial charge in [-0.1, -0.05) is 12.1 Å². The van der Waals surface area contributed by atoms with Gasteiger partial charge in [0.15, 0.2) is 0 Å². The van der Waals surface area contributed by atoms with Gasteiger partial charge in [-0.2, -0.15) is 5.10 Å². The molecule has 5 heteroatoms. The number of rotatable bonds is 2. The summed E-state index contributed by atoms with van der Waals surface area (Å²) in [6, 6.07) is 6.36. The van der Waals surface area contributed by atoms with Gasteiger partial charge in [-0.05, 0) is 12.1 Å². The highest BCUT2D eigenvalue weighted by Crippen LogP contribution is 2.12. The third-order valence-electron chi connectivity index (χ3n) is 1.88. The van der Waals surface area contributed by atoms with Crippen molar-refractivity contribution in [1.82, 2.24) is 14.8 Å². The SMILES string of the molecule is NCc1ncnn1-c1ccccc1F. The van der Waals surface area contributed by atoms with E-state index in [0.717, 1.165) is 0 Å². The van der Waals surface area contributed by atoms with Crippen LogP contribution in [0.4, 0.5) is 4.39 Å². The van der Waals surface area contributed by atoms with E-state index in [1.54, 1.807) is 18.2 Å². The van der Waals surface area contributed by atoms with Crippen molar-refractivity contribution >= 4 is 0 Å². The first-order valence-corrected chi connectivity index (χ1v) is 4.17. The molecule has 1 aromatic carbocycles. The summed E-state index contributed by atoms with van der Waals surface area (Å²) < 4.78 is 14.7. The molecular weight excluding hydrogens is 183 g/mol. The smallest absolute Gasteiger partial charge is 0.148 e. The summed E-state index contributed by atoms with van der Waals surface area (Å²) in [5.41, 5.74) is 5.80. The Hall–Kier alpha value is -1.75. The highest BCUT2D eigenvalue weighted by molar-refractivity contribution is 5.32. The zero-order valence-corrected chi connectivity index (χ0v) is 7.39. The maximum Gasteiger partial charge on any atom is 0.148 e. The van der Waals surface area contributed by atoms with Crippen molar-refractivity contribution in [3.63, 3.8) is 0 Å². The lowest BCUT2D eigenvalue weighted by Gasteiger charge is -2.04. The molecule has 0 spiro atoms. The lowest BCUT2D eigenvalue weighted by molar-refractivity contribution is 0.605. The molecule has 14 heavy (non-hydrogen) atoms. The fourth-order valence-corrected chi connectivity index (χ4v) is 1.23. The van der Waals surface area contributed by atoms with Gasteiger partial charge >= 0.3 is 0 Å². The maximum absolute atomic E-state index is 13.3. The van der Waals surface area contributed by atoms with E-state index in [0.29, 0.717) is 11.5 Å². The van der Waals surface area contributed by atoms with Crippen molar-refractivity contribution in [2.75, 3.05) is 0 Å². The second-order valence-corrected chi connectivity index (χ2v) is 2.74. The molecule has 0 saturated carbocycles. The minimum atomic E-state index is -0.340. The van der Waals surface area contributed by atoms with Crippen LogP contribution >= 0.6 is 0 Å². The van der Waals surface area contributed by atoms with Gasteiger partial charge in [0.25, 0.3) is 0 Å². The molecule has 2 rings (SSSR count). The molecule has 0 bridgehead atoms. The fraction of sp³-hybridized carbons (Fsp3) is 0.111. The molecule has 72 valence electrons. The summed E-state index contributed by atoms with van der Waals surface area (Å²) in [4.78, 5) is 3.91. The van der Waals surface area contributed by atoms with Gasteiger partial charge in [0.2, 0.25) is 0 Å². The Morgan fingerprint density at radius 1 is 1.36 bits per heavy atom. The second kappa shape index (κ2) is 3.55. The number of halogens is 1. The number of nitrogens with two attached hydrogens (primary N) is 1. The summed E-state index contributed by atoms with van der Waals surface area (Å²) in [6.07, 6.45) is 1.36. The standard InChI is InChI=1S/C9H9FN4/c10-7-3-1-2-4-8(7)14-9(5-11)12-6-13-14/h1-4,6H,5,11H2. The first kappa shape index (κ1) is 8.83. The number of hydrogen-bond acceptors (Lipinski definition) is 3. The average molecular weight is 192 g/mol. The van der Waals surface area contributed by atoms with Gasteiger partial charge in [-0.3, -0.25) is 0 Å². The summed E-state index contributed by atoms with van der Waals surface area (Å²) in [7, 11) is 0. The molecule has 0 fully saturated rings. The molecule has 1 aromatic heterocycles. The number of hydrogen-bond donors (Lipinski definition) is 1. The van der Waals surface area contributed by atoms with E-state index in [1.165, 1.54) is 17.1 Å². The third kappa shape index (κ3) is 1.38. The van der Waals surface area contributed by atoms with Crippen molar-refractivity contribution in [1.29, 1.82) is 0 Å². The molecule has 4 nitrogen and oxygen atoms in total. The van der Waals surface area contributed by atoms with Gasteiger partial charge in [-0.15, -0.1) is 0 Å². The minimum Gasteiger partial charge on any atom is -0.324 e. The molecule has 0 unspecified atom stereocenters. The van der Waals surface area contributed by atoms with Crippen molar-refractivity contribution in [3.05, 3.63) is 42.2 Å². The van der Waals surface area contributed by atoms with Crippen LogP contribution < -0.4 is 5.73 Å². The first-order chi connectivity index (χ1) is 6.83. The van der Waals surface area contributed by atoms with Gasteiger partial charge in [0, 0.05) is 0 Å². The topological polar surface area (TPSA) is 56.7 Å². The largest absolute Gasteiger partial charge is 0.324 e. The molecule has 0 aliphatic carbocycles. The van der Waals surface area contributed by atoms with Gasteiger partial charge in [0.05, 0.1) is 6.54 Å². The Morgan fingerprint density at radius 3 is 2.86 bits per heavy atom. The molecule has 0 radical (unpaired) electrons. The Bertz CT molecular complexity index is 438. The monoisotopic (exact) mass is 192 g/mol. The third-order valence-corrected chi connectivity index (χ3v) is 1.88. The fourth-order valence-electron chi connectivity index (χ4n) is 1.23. The van der Waals surface area contributed by atoms with E-state index in [2.05, 4.69) is 10.1 Å². The predicted molar refractivity (Wildman–Crippen MR) is 49.2 cm³/mol.